The molecule has 0 amide bonds. The summed E-state index contributed by atoms with van der Waals surface area (Å²) >= 11 is 7.80. The second kappa shape index (κ2) is 9.80. The third-order valence-corrected chi connectivity index (χ3v) is 10.2. The molecule has 3 aromatic rings. The van der Waals surface area contributed by atoms with Crippen LogP contribution < -0.4 is 0 Å². The molecule has 2 aliphatic rings. The zero-order chi connectivity index (χ0) is 23.9. The number of rotatable bonds is 6. The number of benzene rings is 2. The van der Waals surface area contributed by atoms with Crippen molar-refractivity contribution in [3.8, 4) is 0 Å². The molecule has 9 heteroatoms. The van der Waals surface area contributed by atoms with Crippen molar-refractivity contribution in [2.24, 2.45) is 5.92 Å². The van der Waals surface area contributed by atoms with Gasteiger partial charge in [-0.05, 0) is 67.5 Å². The lowest BCUT2D eigenvalue weighted by Crippen LogP contribution is -2.39. The molecule has 5 rings (SSSR count). The van der Waals surface area contributed by atoms with Gasteiger partial charge < -0.3 is 4.57 Å². The maximum Gasteiger partial charge on any atom is 0.243 e. The average Bonchev–Trinajstić information content (AvgIpc) is 3.45. The molecule has 1 aliphatic heterocycles. The highest BCUT2D eigenvalue weighted by atomic mass is 35.5. The highest BCUT2D eigenvalue weighted by molar-refractivity contribution is 7.98. The maximum atomic E-state index is 13.4. The average molecular weight is 522 g/mol. The summed E-state index contributed by atoms with van der Waals surface area (Å²) in [6, 6.07) is 10.2. The van der Waals surface area contributed by atoms with Gasteiger partial charge in [0.15, 0.2) is 5.16 Å². The van der Waals surface area contributed by atoms with Gasteiger partial charge in [-0.2, -0.15) is 4.31 Å². The number of hydrogen-bond donors (Lipinski definition) is 0. The van der Waals surface area contributed by atoms with E-state index in [0.717, 1.165) is 41.9 Å². The third-order valence-electron chi connectivity index (χ3n) is 6.95. The van der Waals surface area contributed by atoms with Gasteiger partial charge in [-0.15, -0.1) is 0 Å². The lowest BCUT2D eigenvalue weighted by atomic mass is 10.0. The molecule has 34 heavy (non-hydrogen) atoms. The van der Waals surface area contributed by atoms with Gasteiger partial charge in [0, 0.05) is 29.9 Å². The smallest absolute Gasteiger partial charge is 0.243 e. The monoisotopic (exact) mass is 521 g/mol. The van der Waals surface area contributed by atoms with E-state index in [1.807, 2.05) is 6.07 Å². The van der Waals surface area contributed by atoms with Crippen molar-refractivity contribution in [1.29, 1.82) is 0 Å². The van der Waals surface area contributed by atoms with E-state index < -0.39 is 10.0 Å². The number of thioether (sulfide) groups is 1. The fraction of sp³-hybridized carbons (Fsp3) is 0.480. The predicted molar refractivity (Wildman–Crippen MR) is 135 cm³/mol. The van der Waals surface area contributed by atoms with Crippen molar-refractivity contribution < 1.29 is 12.8 Å². The summed E-state index contributed by atoms with van der Waals surface area (Å²) in [7, 11) is -3.55. The summed E-state index contributed by atoms with van der Waals surface area (Å²) < 4.78 is 44.0. The molecule has 0 bridgehead atoms. The summed E-state index contributed by atoms with van der Waals surface area (Å²) in [5.74, 6) is 0.579. The molecule has 1 saturated carbocycles. The van der Waals surface area contributed by atoms with Gasteiger partial charge >= 0.3 is 0 Å². The fourth-order valence-electron chi connectivity index (χ4n) is 5.13. The molecule has 182 valence electrons. The van der Waals surface area contributed by atoms with Crippen LogP contribution in [0.15, 0.2) is 46.5 Å². The van der Waals surface area contributed by atoms with Crippen molar-refractivity contribution in [1.82, 2.24) is 13.9 Å². The van der Waals surface area contributed by atoms with Crippen molar-refractivity contribution in [3.05, 3.63) is 52.8 Å². The minimum Gasteiger partial charge on any atom is -0.316 e. The molecular formula is C25H29ClFN3O2S2. The van der Waals surface area contributed by atoms with Crippen molar-refractivity contribution >= 4 is 44.4 Å². The molecule has 0 unspecified atom stereocenters. The third kappa shape index (κ3) is 4.74. The van der Waals surface area contributed by atoms with Gasteiger partial charge in [-0.1, -0.05) is 49.2 Å². The number of hydrogen-bond acceptors (Lipinski definition) is 4. The first-order valence-electron chi connectivity index (χ1n) is 11.9. The Morgan fingerprint density at radius 1 is 1.12 bits per heavy atom. The van der Waals surface area contributed by atoms with Crippen LogP contribution in [0.1, 0.15) is 57.1 Å². The Balaban J connectivity index is 1.49. The van der Waals surface area contributed by atoms with Crippen LogP contribution >= 0.6 is 23.4 Å². The van der Waals surface area contributed by atoms with Crippen LogP contribution in [0.2, 0.25) is 5.02 Å². The van der Waals surface area contributed by atoms with Gasteiger partial charge in [0.1, 0.15) is 5.82 Å². The molecule has 1 atom stereocenters. The maximum absolute atomic E-state index is 13.4. The van der Waals surface area contributed by atoms with Gasteiger partial charge in [-0.25, -0.2) is 17.8 Å². The van der Waals surface area contributed by atoms with Gasteiger partial charge in [-0.3, -0.25) is 0 Å². The zero-order valence-electron chi connectivity index (χ0n) is 19.2. The minimum atomic E-state index is -3.55. The van der Waals surface area contributed by atoms with Crippen molar-refractivity contribution in [2.45, 2.75) is 67.3 Å². The van der Waals surface area contributed by atoms with Crippen LogP contribution in [-0.2, 0) is 15.8 Å². The molecule has 1 aliphatic carbocycles. The molecule has 2 aromatic carbocycles. The van der Waals surface area contributed by atoms with E-state index in [1.54, 1.807) is 34.3 Å². The zero-order valence-corrected chi connectivity index (χ0v) is 21.6. The number of imidazole rings is 1. The van der Waals surface area contributed by atoms with Crippen molar-refractivity contribution in [3.63, 3.8) is 0 Å². The first-order valence-corrected chi connectivity index (χ1v) is 14.7. The van der Waals surface area contributed by atoms with Crippen LogP contribution in [0.5, 0.6) is 0 Å². The molecule has 5 nitrogen and oxygen atoms in total. The Labute approximate surface area is 209 Å². The fourth-order valence-corrected chi connectivity index (χ4v) is 8.15. The largest absolute Gasteiger partial charge is 0.316 e. The van der Waals surface area contributed by atoms with Crippen LogP contribution in [0.3, 0.4) is 0 Å². The van der Waals surface area contributed by atoms with Crippen LogP contribution in [0, 0.1) is 11.7 Å². The summed E-state index contributed by atoms with van der Waals surface area (Å²) in [6.07, 6.45) is 6.49. The number of nitrogens with zero attached hydrogens (tertiary/aromatic N) is 3. The topological polar surface area (TPSA) is 55.2 Å². The highest BCUT2D eigenvalue weighted by Crippen LogP contribution is 2.38. The molecule has 2 heterocycles. The molecule has 1 aromatic heterocycles. The van der Waals surface area contributed by atoms with E-state index >= 15 is 0 Å². The van der Waals surface area contributed by atoms with E-state index in [2.05, 4.69) is 11.5 Å². The first-order chi connectivity index (χ1) is 16.3. The Kier molecular flexibility index (Phi) is 6.95. The summed E-state index contributed by atoms with van der Waals surface area (Å²) in [4.78, 5) is 5.19. The Bertz CT molecular complexity index is 1300. The van der Waals surface area contributed by atoms with Gasteiger partial charge in [0.05, 0.1) is 15.9 Å². The van der Waals surface area contributed by atoms with E-state index in [4.69, 9.17) is 16.6 Å². The normalized spacial score (nSPS) is 20.4. The number of halogens is 2. The van der Waals surface area contributed by atoms with Crippen LogP contribution in [-0.4, -0.2) is 35.4 Å². The Hall–Kier alpha value is -1.61. The number of piperidine rings is 1. The summed E-state index contributed by atoms with van der Waals surface area (Å²) in [5, 5.41) is 1.25. The second-order valence-corrected chi connectivity index (χ2v) is 12.8. The first kappa shape index (κ1) is 24.1. The Morgan fingerprint density at radius 3 is 2.65 bits per heavy atom. The van der Waals surface area contributed by atoms with Gasteiger partial charge in [0.25, 0.3) is 0 Å². The molecule has 0 spiro atoms. The number of aromatic nitrogens is 2. The quantitative estimate of drug-likeness (QED) is 0.340. The lowest BCUT2D eigenvalue weighted by Gasteiger charge is -2.30. The molecule has 0 N–H and O–H groups in total. The van der Waals surface area contributed by atoms with E-state index in [0.29, 0.717) is 46.2 Å². The second-order valence-electron chi connectivity index (χ2n) is 9.49. The number of fused-ring (bicyclic) bond motifs is 1. The molecular weight excluding hydrogens is 493 g/mol. The molecule has 0 radical (unpaired) electrons. The summed E-state index contributed by atoms with van der Waals surface area (Å²) in [6.45, 7) is 3.24. The summed E-state index contributed by atoms with van der Waals surface area (Å²) in [5.41, 5.74) is 2.51. The van der Waals surface area contributed by atoms with E-state index in [-0.39, 0.29) is 5.82 Å². The van der Waals surface area contributed by atoms with Crippen LogP contribution in [0.25, 0.3) is 11.0 Å². The highest BCUT2D eigenvalue weighted by Gasteiger charge is 2.30. The molecule has 2 fully saturated rings. The van der Waals surface area contributed by atoms with Crippen LogP contribution in [0.4, 0.5) is 4.39 Å². The van der Waals surface area contributed by atoms with E-state index in [9.17, 15) is 12.8 Å². The van der Waals surface area contributed by atoms with Crippen molar-refractivity contribution in [2.75, 3.05) is 13.1 Å². The number of sulfonamides is 1. The SMILES string of the molecule is C[C@H]1CCCN(S(=O)(=O)c2ccc3c(c2)nc(SCc2ccc(F)cc2Cl)n3C2CCCC2)C1. The van der Waals surface area contributed by atoms with E-state index in [1.165, 1.54) is 25.0 Å². The lowest BCUT2D eigenvalue weighted by molar-refractivity contribution is 0.281. The van der Waals surface area contributed by atoms with Gasteiger partial charge in [0.2, 0.25) is 10.0 Å². The Morgan fingerprint density at radius 2 is 1.91 bits per heavy atom. The molecule has 1 saturated heterocycles. The standard InChI is InChI=1S/C25H29ClFN3O2S2/c1-17-5-4-12-29(15-17)34(31,32)21-10-11-24-23(14-21)28-25(30(24)20-6-2-3-7-20)33-16-18-8-9-19(27)13-22(18)26/h8-11,13-14,17,20H,2-7,12,15-16H2,1H3/t17-/m0/s1. The predicted octanol–water partition coefficient (Wildman–Crippen LogP) is 6.66. The minimum absolute atomic E-state index is 0.309.